The fourth-order valence-corrected chi connectivity index (χ4v) is 7.99. The number of rotatable bonds is 9. The van der Waals surface area contributed by atoms with E-state index < -0.39 is 16.8 Å². The molecule has 0 aliphatic carbocycles. The zero-order chi connectivity index (χ0) is 16.8. The minimum atomic E-state index is -1.97. The molecule has 1 aliphatic rings. The molecule has 0 spiro atoms. The Morgan fingerprint density at radius 1 is 0.909 bits per heavy atom. The molecule has 4 nitrogen and oxygen atoms in total. The van der Waals surface area contributed by atoms with Gasteiger partial charge in [0, 0.05) is 45.9 Å². The van der Waals surface area contributed by atoms with E-state index in [1.165, 1.54) is 32.7 Å². The Bertz CT molecular complexity index is 310. The predicted octanol–water partition coefficient (Wildman–Crippen LogP) is 3.22. The van der Waals surface area contributed by atoms with Gasteiger partial charge in [-0.2, -0.15) is 0 Å². The Morgan fingerprint density at radius 3 is 1.82 bits per heavy atom. The van der Waals surface area contributed by atoms with Crippen LogP contribution in [0.15, 0.2) is 0 Å². The molecule has 1 aliphatic heterocycles. The third kappa shape index (κ3) is 6.80. The van der Waals surface area contributed by atoms with Crippen LogP contribution in [0.1, 0.15) is 20.8 Å². The van der Waals surface area contributed by atoms with Crippen molar-refractivity contribution in [2.24, 2.45) is 5.92 Å². The Kier molecular flexibility index (Phi) is 8.26. The Morgan fingerprint density at radius 2 is 1.41 bits per heavy atom. The SMILES string of the molecule is CCO[Si](C)(CC(C)CN1CCN([Si](C)(C)C)CC1)OCC. The van der Waals surface area contributed by atoms with Crippen LogP contribution in [-0.2, 0) is 8.85 Å². The summed E-state index contributed by atoms with van der Waals surface area (Å²) in [6.07, 6.45) is 0. The van der Waals surface area contributed by atoms with Crippen LogP contribution in [0.2, 0.25) is 32.2 Å². The minimum Gasteiger partial charge on any atom is -0.395 e. The quantitative estimate of drug-likeness (QED) is 0.599. The summed E-state index contributed by atoms with van der Waals surface area (Å²) >= 11 is 0. The maximum absolute atomic E-state index is 5.99. The summed E-state index contributed by atoms with van der Waals surface area (Å²) in [5.41, 5.74) is 0. The first-order valence-electron chi connectivity index (χ1n) is 8.95. The van der Waals surface area contributed by atoms with E-state index in [2.05, 4.69) is 56.4 Å². The second-order valence-electron chi connectivity index (χ2n) is 7.77. The molecule has 0 aromatic carbocycles. The van der Waals surface area contributed by atoms with Crippen molar-refractivity contribution in [3.05, 3.63) is 0 Å². The number of hydrogen-bond donors (Lipinski definition) is 0. The fourth-order valence-electron chi connectivity index (χ4n) is 3.51. The normalized spacial score (nSPS) is 20.3. The summed E-state index contributed by atoms with van der Waals surface area (Å²) in [6, 6.07) is 1.10. The molecule has 22 heavy (non-hydrogen) atoms. The van der Waals surface area contributed by atoms with Crippen molar-refractivity contribution in [3.63, 3.8) is 0 Å². The molecule has 0 bridgehead atoms. The average Bonchev–Trinajstić information content (AvgIpc) is 2.38. The van der Waals surface area contributed by atoms with Crippen molar-refractivity contribution in [3.8, 4) is 0 Å². The van der Waals surface area contributed by atoms with Crippen LogP contribution in [-0.4, -0.2) is 72.2 Å². The van der Waals surface area contributed by atoms with E-state index >= 15 is 0 Å². The maximum Gasteiger partial charge on any atom is 0.335 e. The first-order chi connectivity index (χ1) is 10.2. The molecular formula is C16H38N2O2Si2. The van der Waals surface area contributed by atoms with Gasteiger partial charge in [0.25, 0.3) is 0 Å². The predicted molar refractivity (Wildman–Crippen MR) is 100 cm³/mol. The van der Waals surface area contributed by atoms with Gasteiger partial charge in [-0.15, -0.1) is 0 Å². The van der Waals surface area contributed by atoms with Crippen molar-refractivity contribution >= 4 is 16.8 Å². The van der Waals surface area contributed by atoms with Crippen LogP contribution < -0.4 is 0 Å². The van der Waals surface area contributed by atoms with Crippen LogP contribution in [0.25, 0.3) is 0 Å². The van der Waals surface area contributed by atoms with Gasteiger partial charge >= 0.3 is 8.56 Å². The van der Waals surface area contributed by atoms with Crippen LogP contribution >= 0.6 is 0 Å². The highest BCUT2D eigenvalue weighted by Crippen LogP contribution is 2.22. The molecule has 132 valence electrons. The van der Waals surface area contributed by atoms with Gasteiger partial charge in [0.05, 0.1) is 0 Å². The summed E-state index contributed by atoms with van der Waals surface area (Å²) in [6.45, 7) is 23.7. The summed E-state index contributed by atoms with van der Waals surface area (Å²) in [7, 11) is -3.08. The largest absolute Gasteiger partial charge is 0.395 e. The lowest BCUT2D eigenvalue weighted by Crippen LogP contribution is -2.56. The first kappa shape index (κ1) is 20.3. The summed E-state index contributed by atoms with van der Waals surface area (Å²) in [5.74, 6) is 0.646. The van der Waals surface area contributed by atoms with E-state index in [9.17, 15) is 0 Å². The van der Waals surface area contributed by atoms with E-state index in [1.807, 2.05) is 0 Å². The van der Waals surface area contributed by atoms with Crippen molar-refractivity contribution in [1.29, 1.82) is 0 Å². The highest BCUT2D eigenvalue weighted by Gasteiger charge is 2.34. The van der Waals surface area contributed by atoms with E-state index in [0.717, 1.165) is 19.3 Å². The van der Waals surface area contributed by atoms with E-state index in [0.29, 0.717) is 5.92 Å². The van der Waals surface area contributed by atoms with Gasteiger partial charge < -0.3 is 18.3 Å². The van der Waals surface area contributed by atoms with Gasteiger partial charge in [-0.1, -0.05) is 26.6 Å². The van der Waals surface area contributed by atoms with E-state index in [-0.39, 0.29) is 0 Å². The molecule has 0 N–H and O–H groups in total. The third-order valence-corrected chi connectivity index (χ3v) is 10.1. The number of nitrogens with zero attached hydrogens (tertiary/aromatic N) is 2. The molecule has 0 saturated carbocycles. The van der Waals surface area contributed by atoms with Crippen molar-refractivity contribution in [1.82, 2.24) is 9.47 Å². The topological polar surface area (TPSA) is 24.9 Å². The van der Waals surface area contributed by atoms with Gasteiger partial charge in [-0.25, -0.2) is 0 Å². The van der Waals surface area contributed by atoms with Crippen molar-refractivity contribution in [2.75, 3.05) is 45.9 Å². The van der Waals surface area contributed by atoms with Crippen molar-refractivity contribution < 1.29 is 8.85 Å². The van der Waals surface area contributed by atoms with E-state index in [1.54, 1.807) is 0 Å². The maximum atomic E-state index is 5.99. The van der Waals surface area contributed by atoms with Gasteiger partial charge in [0.15, 0.2) is 0 Å². The molecule has 0 aromatic heterocycles. The first-order valence-corrected chi connectivity index (χ1v) is 14.9. The highest BCUT2D eigenvalue weighted by atomic mass is 28.4. The molecular weight excluding hydrogens is 308 g/mol. The summed E-state index contributed by atoms with van der Waals surface area (Å²) in [4.78, 5) is 2.63. The van der Waals surface area contributed by atoms with Gasteiger partial charge in [0.2, 0.25) is 0 Å². The molecule has 0 radical (unpaired) electrons. The Hall–Kier alpha value is 0.274. The Balaban J connectivity index is 2.41. The van der Waals surface area contributed by atoms with Crippen LogP contribution in [0.3, 0.4) is 0 Å². The molecule has 6 heteroatoms. The van der Waals surface area contributed by atoms with Crippen molar-refractivity contribution in [2.45, 2.75) is 53.0 Å². The molecule has 1 saturated heterocycles. The van der Waals surface area contributed by atoms with Gasteiger partial charge in [-0.3, -0.25) is 0 Å². The lowest BCUT2D eigenvalue weighted by atomic mass is 10.2. The van der Waals surface area contributed by atoms with Crippen LogP contribution in [0.5, 0.6) is 0 Å². The number of hydrogen-bond acceptors (Lipinski definition) is 4. The van der Waals surface area contributed by atoms with E-state index in [4.69, 9.17) is 8.85 Å². The monoisotopic (exact) mass is 346 g/mol. The Labute approximate surface area is 140 Å². The van der Waals surface area contributed by atoms with Crippen LogP contribution in [0, 0.1) is 5.92 Å². The molecule has 1 heterocycles. The fraction of sp³-hybridized carbons (Fsp3) is 1.00. The minimum absolute atomic E-state index is 0.646. The zero-order valence-electron chi connectivity index (χ0n) is 15.9. The summed E-state index contributed by atoms with van der Waals surface area (Å²) in [5, 5.41) is 0. The molecule has 1 unspecified atom stereocenters. The summed E-state index contributed by atoms with van der Waals surface area (Å²) < 4.78 is 14.7. The molecule has 0 amide bonds. The highest BCUT2D eigenvalue weighted by molar-refractivity contribution is 6.73. The third-order valence-electron chi connectivity index (χ3n) is 4.51. The zero-order valence-corrected chi connectivity index (χ0v) is 17.9. The molecule has 0 aromatic rings. The second kappa shape index (κ2) is 8.94. The molecule has 1 atom stereocenters. The van der Waals surface area contributed by atoms with Gasteiger partial charge in [-0.05, 0) is 32.4 Å². The average molecular weight is 347 g/mol. The lowest BCUT2D eigenvalue weighted by Gasteiger charge is -2.42. The lowest BCUT2D eigenvalue weighted by molar-refractivity contribution is 0.154. The standard InChI is InChI=1S/C16H38N2O2Si2/c1-8-19-22(7,20-9-2)15-16(3)14-17-10-12-18(13-11-17)21(4,5)6/h16H,8-15H2,1-7H3. The number of piperazine rings is 1. The molecule has 1 fully saturated rings. The molecule has 1 rings (SSSR count). The van der Waals surface area contributed by atoms with Crippen LogP contribution in [0.4, 0.5) is 0 Å². The second-order valence-corrected chi connectivity index (χ2v) is 16.0. The smallest absolute Gasteiger partial charge is 0.335 e. The van der Waals surface area contributed by atoms with Gasteiger partial charge in [0.1, 0.15) is 8.24 Å².